The van der Waals surface area contributed by atoms with Crippen molar-refractivity contribution in [3.8, 4) is 0 Å². The van der Waals surface area contributed by atoms with E-state index in [2.05, 4.69) is 67.6 Å². The van der Waals surface area contributed by atoms with E-state index in [1.807, 2.05) is 0 Å². The van der Waals surface area contributed by atoms with Crippen molar-refractivity contribution < 1.29 is 4.43 Å². The van der Waals surface area contributed by atoms with Crippen LogP contribution in [0.2, 0.25) is 6.04 Å². The number of hydrogen-bond acceptors (Lipinski definition) is 1. The summed E-state index contributed by atoms with van der Waals surface area (Å²) >= 11 is 0. The lowest BCUT2D eigenvalue weighted by molar-refractivity contribution is 0.320. The molecule has 0 bridgehead atoms. The van der Waals surface area contributed by atoms with Crippen molar-refractivity contribution in [3.05, 3.63) is 71.8 Å². The summed E-state index contributed by atoms with van der Waals surface area (Å²) in [6.07, 6.45) is 0. The van der Waals surface area contributed by atoms with Gasteiger partial charge in [0.2, 0.25) is 0 Å². The molecule has 0 unspecified atom stereocenters. The highest BCUT2D eigenvalue weighted by atomic mass is 28.2. The van der Waals surface area contributed by atoms with Crippen molar-refractivity contribution in [2.24, 2.45) is 0 Å². The van der Waals surface area contributed by atoms with Crippen molar-refractivity contribution in [1.82, 2.24) is 0 Å². The molecule has 2 heteroatoms. The van der Waals surface area contributed by atoms with Crippen LogP contribution < -0.4 is 0 Å². The van der Waals surface area contributed by atoms with E-state index in [9.17, 15) is 0 Å². The lowest BCUT2D eigenvalue weighted by Gasteiger charge is -2.18. The average molecular weight is 256 g/mol. The van der Waals surface area contributed by atoms with Gasteiger partial charge in [-0.05, 0) is 17.2 Å². The minimum atomic E-state index is -0.331. The second kappa shape index (κ2) is 7.14. The van der Waals surface area contributed by atoms with Crippen molar-refractivity contribution in [1.29, 1.82) is 0 Å². The lowest BCUT2D eigenvalue weighted by Crippen LogP contribution is -2.11. The molecule has 1 nitrogen and oxygen atoms in total. The highest BCUT2D eigenvalue weighted by Gasteiger charge is 2.13. The van der Waals surface area contributed by atoms with Crippen molar-refractivity contribution in [3.63, 3.8) is 0 Å². The molecule has 18 heavy (non-hydrogen) atoms. The molecule has 0 aromatic heterocycles. The fourth-order valence-corrected chi connectivity index (χ4v) is 2.79. The standard InChI is InChI=1S/C16H20OSi/c1-2-18-17-13-16(14-9-5-3-6-10-14)15-11-7-4-8-12-15/h3-12,16H,2,13,18H2,1H3. The van der Waals surface area contributed by atoms with Gasteiger partial charge in [-0.25, -0.2) is 0 Å². The molecule has 0 aliphatic heterocycles. The Morgan fingerprint density at radius 2 is 1.39 bits per heavy atom. The Balaban J connectivity index is 2.18. The Morgan fingerprint density at radius 3 is 1.83 bits per heavy atom. The van der Waals surface area contributed by atoms with Gasteiger partial charge in [-0.15, -0.1) is 0 Å². The van der Waals surface area contributed by atoms with Gasteiger partial charge in [0.15, 0.2) is 9.76 Å². The first-order valence-corrected chi connectivity index (χ1v) is 8.17. The number of benzene rings is 2. The molecule has 0 saturated heterocycles. The molecule has 0 radical (unpaired) electrons. The Bertz CT molecular complexity index is 402. The van der Waals surface area contributed by atoms with E-state index in [0.717, 1.165) is 6.61 Å². The highest BCUT2D eigenvalue weighted by molar-refractivity contribution is 6.26. The molecule has 94 valence electrons. The first-order valence-electron chi connectivity index (χ1n) is 6.59. The van der Waals surface area contributed by atoms with Crippen LogP contribution in [0.5, 0.6) is 0 Å². The van der Waals surface area contributed by atoms with Crippen LogP contribution in [0.25, 0.3) is 0 Å². The van der Waals surface area contributed by atoms with Gasteiger partial charge in [0, 0.05) is 12.5 Å². The highest BCUT2D eigenvalue weighted by Crippen LogP contribution is 2.24. The zero-order valence-corrected chi connectivity index (χ0v) is 12.3. The third-order valence-electron chi connectivity index (χ3n) is 3.04. The van der Waals surface area contributed by atoms with Crippen LogP contribution in [0, 0.1) is 0 Å². The summed E-state index contributed by atoms with van der Waals surface area (Å²) < 4.78 is 5.89. The van der Waals surface area contributed by atoms with Crippen molar-refractivity contribution >= 4 is 9.76 Å². The molecule has 2 aromatic carbocycles. The van der Waals surface area contributed by atoms with Gasteiger partial charge in [0.25, 0.3) is 0 Å². The van der Waals surface area contributed by atoms with Crippen LogP contribution in [-0.4, -0.2) is 16.4 Å². The first-order chi connectivity index (χ1) is 8.92. The van der Waals surface area contributed by atoms with E-state index in [4.69, 9.17) is 4.43 Å². The Kier molecular flexibility index (Phi) is 5.18. The molecule has 0 aliphatic rings. The maximum absolute atomic E-state index is 5.89. The topological polar surface area (TPSA) is 9.23 Å². The predicted molar refractivity (Wildman–Crippen MR) is 79.7 cm³/mol. The van der Waals surface area contributed by atoms with Gasteiger partial charge in [-0.1, -0.05) is 67.6 Å². The molecule has 0 saturated carbocycles. The average Bonchev–Trinajstić information content (AvgIpc) is 2.46. The number of hydrogen-bond donors (Lipinski definition) is 0. The zero-order valence-electron chi connectivity index (χ0n) is 10.9. The van der Waals surface area contributed by atoms with Crippen LogP contribution >= 0.6 is 0 Å². The second-order valence-corrected chi connectivity index (χ2v) is 6.27. The van der Waals surface area contributed by atoms with Crippen molar-refractivity contribution in [2.75, 3.05) is 6.61 Å². The summed E-state index contributed by atoms with van der Waals surface area (Å²) in [7, 11) is -0.331. The van der Waals surface area contributed by atoms with E-state index < -0.39 is 0 Å². The molecular weight excluding hydrogens is 236 g/mol. The minimum Gasteiger partial charge on any atom is -0.423 e. The molecular formula is C16H20OSi. The van der Waals surface area contributed by atoms with Gasteiger partial charge in [0.05, 0.1) is 0 Å². The zero-order chi connectivity index (χ0) is 12.6. The van der Waals surface area contributed by atoms with Crippen LogP contribution in [0.15, 0.2) is 60.7 Å². The molecule has 0 N–H and O–H groups in total. The van der Waals surface area contributed by atoms with Crippen LogP contribution in [-0.2, 0) is 4.43 Å². The van der Waals surface area contributed by atoms with Crippen LogP contribution in [0.4, 0.5) is 0 Å². The summed E-state index contributed by atoms with van der Waals surface area (Å²) in [5, 5.41) is 0. The maximum atomic E-state index is 5.89. The number of rotatable bonds is 6. The quantitative estimate of drug-likeness (QED) is 0.569. The smallest absolute Gasteiger partial charge is 0.161 e. The third-order valence-corrected chi connectivity index (χ3v) is 3.97. The second-order valence-electron chi connectivity index (χ2n) is 4.45. The summed E-state index contributed by atoms with van der Waals surface area (Å²) in [4.78, 5) is 0. The minimum absolute atomic E-state index is 0.331. The van der Waals surface area contributed by atoms with E-state index in [1.54, 1.807) is 0 Å². The third kappa shape index (κ3) is 3.55. The Morgan fingerprint density at radius 1 is 0.889 bits per heavy atom. The fraction of sp³-hybridized carbons (Fsp3) is 0.250. The SMILES string of the molecule is CC[SiH2]OCC(c1ccccc1)c1ccccc1. The van der Waals surface area contributed by atoms with Gasteiger partial charge >= 0.3 is 0 Å². The molecule has 0 heterocycles. The van der Waals surface area contributed by atoms with Gasteiger partial charge in [-0.3, -0.25) is 0 Å². The molecule has 0 spiro atoms. The lowest BCUT2D eigenvalue weighted by atomic mass is 9.92. The maximum Gasteiger partial charge on any atom is 0.161 e. The molecule has 0 aliphatic carbocycles. The largest absolute Gasteiger partial charge is 0.423 e. The first kappa shape index (κ1) is 13.1. The van der Waals surface area contributed by atoms with Gasteiger partial charge < -0.3 is 4.43 Å². The summed E-state index contributed by atoms with van der Waals surface area (Å²) in [5.74, 6) is 0.367. The van der Waals surface area contributed by atoms with E-state index in [1.165, 1.54) is 17.2 Å². The van der Waals surface area contributed by atoms with Crippen LogP contribution in [0.3, 0.4) is 0 Å². The Labute approximate surface area is 112 Å². The molecule has 0 amide bonds. The van der Waals surface area contributed by atoms with Crippen molar-refractivity contribution in [2.45, 2.75) is 18.9 Å². The summed E-state index contributed by atoms with van der Waals surface area (Å²) in [5.41, 5.74) is 2.68. The molecule has 2 aromatic rings. The molecule has 0 atom stereocenters. The summed E-state index contributed by atoms with van der Waals surface area (Å²) in [6, 6.07) is 22.5. The monoisotopic (exact) mass is 256 g/mol. The summed E-state index contributed by atoms with van der Waals surface area (Å²) in [6.45, 7) is 3.01. The van der Waals surface area contributed by atoms with E-state index in [-0.39, 0.29) is 9.76 Å². The van der Waals surface area contributed by atoms with E-state index >= 15 is 0 Å². The fourth-order valence-electron chi connectivity index (χ4n) is 2.10. The molecule has 0 fully saturated rings. The normalized spacial score (nSPS) is 11.4. The Hall–Kier alpha value is -1.38. The van der Waals surface area contributed by atoms with Gasteiger partial charge in [-0.2, -0.15) is 0 Å². The molecule has 2 rings (SSSR count). The predicted octanol–water partition coefficient (Wildman–Crippen LogP) is 3.36. The van der Waals surface area contributed by atoms with Gasteiger partial charge in [0.1, 0.15) is 0 Å². The van der Waals surface area contributed by atoms with E-state index in [0.29, 0.717) is 5.92 Å². The van der Waals surface area contributed by atoms with Crippen LogP contribution in [0.1, 0.15) is 24.0 Å².